The molecule has 0 bridgehead atoms. The summed E-state index contributed by atoms with van der Waals surface area (Å²) in [5.41, 5.74) is 3.38. The van der Waals surface area contributed by atoms with Gasteiger partial charge in [-0.3, -0.25) is 0 Å². The number of hydrogen-bond donors (Lipinski definition) is 4. The molecule has 0 aliphatic rings. The van der Waals surface area contributed by atoms with Crippen LogP contribution in [0.15, 0.2) is 22.7 Å². The van der Waals surface area contributed by atoms with E-state index in [2.05, 4.69) is 31.8 Å². The van der Waals surface area contributed by atoms with Gasteiger partial charge in [0.2, 0.25) is 11.3 Å². The van der Waals surface area contributed by atoms with Crippen LogP contribution in [0.2, 0.25) is 0 Å². The Kier molecular flexibility index (Phi) is 4.51. The van der Waals surface area contributed by atoms with Gasteiger partial charge in [-0.1, -0.05) is 15.9 Å². The van der Waals surface area contributed by atoms with Crippen LogP contribution in [0.3, 0.4) is 0 Å². The molecule has 0 atom stereocenters. The van der Waals surface area contributed by atoms with Gasteiger partial charge in [0.25, 0.3) is 0 Å². The number of hydrazone groups is 1. The molecule has 1 aromatic carbocycles. The monoisotopic (exact) mass is 288 g/mol. The number of nitrogens with one attached hydrogen (secondary N) is 3. The van der Waals surface area contributed by atoms with Crippen molar-refractivity contribution < 1.29 is 10.2 Å². The molecule has 0 amide bonds. The second-order valence-corrected chi connectivity index (χ2v) is 4.02. The molecule has 4 N–H and O–H groups in total. The Balaban J connectivity index is 2.71. The van der Waals surface area contributed by atoms with Crippen molar-refractivity contribution >= 4 is 39.5 Å². The van der Waals surface area contributed by atoms with Crippen molar-refractivity contribution in [1.29, 1.82) is 0 Å². The molecular formula is C9H11BrN3OS+. The van der Waals surface area contributed by atoms with E-state index in [0.29, 0.717) is 10.7 Å². The first kappa shape index (κ1) is 11.9. The summed E-state index contributed by atoms with van der Waals surface area (Å²) < 4.78 is 0.893. The van der Waals surface area contributed by atoms with Gasteiger partial charge >= 0.3 is 0 Å². The third-order valence-electron chi connectivity index (χ3n) is 1.63. The van der Waals surface area contributed by atoms with E-state index in [4.69, 9.17) is 12.2 Å². The van der Waals surface area contributed by atoms with Gasteiger partial charge in [-0.05, 0) is 30.4 Å². The summed E-state index contributed by atoms with van der Waals surface area (Å²) in [6.45, 7) is 0. The van der Waals surface area contributed by atoms with Crippen LogP contribution in [0.4, 0.5) is 0 Å². The van der Waals surface area contributed by atoms with E-state index < -0.39 is 0 Å². The lowest BCUT2D eigenvalue weighted by molar-refractivity contribution is -0.500. The quantitative estimate of drug-likeness (QED) is 0.342. The number of benzene rings is 1. The van der Waals surface area contributed by atoms with Gasteiger partial charge in [0.1, 0.15) is 5.75 Å². The first-order valence-electron chi connectivity index (χ1n) is 4.18. The Morgan fingerprint density at radius 3 is 3.00 bits per heavy atom. The van der Waals surface area contributed by atoms with E-state index in [0.717, 1.165) is 4.47 Å². The van der Waals surface area contributed by atoms with Crippen LogP contribution in [0.1, 0.15) is 5.56 Å². The summed E-state index contributed by atoms with van der Waals surface area (Å²) >= 11 is 8.17. The normalized spacial score (nSPS) is 10.3. The molecule has 0 heterocycles. The molecule has 0 saturated heterocycles. The highest BCUT2D eigenvalue weighted by Crippen LogP contribution is 2.19. The molecular weight excluding hydrogens is 278 g/mol. The summed E-state index contributed by atoms with van der Waals surface area (Å²) in [7, 11) is 1.72. The van der Waals surface area contributed by atoms with Crippen LogP contribution < -0.4 is 15.8 Å². The van der Waals surface area contributed by atoms with Crippen molar-refractivity contribution in [3.63, 3.8) is 0 Å². The number of phenols is 1. The maximum Gasteiger partial charge on any atom is 0.223 e. The summed E-state index contributed by atoms with van der Waals surface area (Å²) in [5, 5.41) is 15.5. The molecule has 1 rings (SSSR count). The Morgan fingerprint density at radius 1 is 1.60 bits per heavy atom. The minimum absolute atomic E-state index is 0.197. The molecule has 0 saturated carbocycles. The first-order chi connectivity index (χ1) is 7.13. The predicted molar refractivity (Wildman–Crippen MR) is 66.7 cm³/mol. The van der Waals surface area contributed by atoms with Crippen LogP contribution in [-0.4, -0.2) is 23.5 Å². The fraction of sp³-hybridized carbons (Fsp3) is 0.111. The van der Waals surface area contributed by atoms with Crippen molar-refractivity contribution in [2.24, 2.45) is 0 Å². The van der Waals surface area contributed by atoms with Crippen molar-refractivity contribution in [1.82, 2.24) is 10.7 Å². The zero-order valence-corrected chi connectivity index (χ0v) is 10.4. The van der Waals surface area contributed by atoms with Crippen molar-refractivity contribution in [3.8, 4) is 5.75 Å². The number of halogens is 1. The zero-order valence-electron chi connectivity index (χ0n) is 8.04. The van der Waals surface area contributed by atoms with E-state index in [1.54, 1.807) is 31.5 Å². The molecule has 80 valence electrons. The molecule has 0 aliphatic heterocycles. The molecule has 0 unspecified atom stereocenters. The van der Waals surface area contributed by atoms with Gasteiger partial charge in [-0.15, -0.1) is 10.5 Å². The van der Waals surface area contributed by atoms with Crippen molar-refractivity contribution in [2.75, 3.05) is 7.05 Å². The fourth-order valence-electron chi connectivity index (χ4n) is 0.883. The lowest BCUT2D eigenvalue weighted by Crippen LogP contribution is -2.82. The highest BCUT2D eigenvalue weighted by molar-refractivity contribution is 9.10. The third-order valence-corrected chi connectivity index (χ3v) is 2.43. The molecule has 0 radical (unpaired) electrons. The molecule has 15 heavy (non-hydrogen) atoms. The predicted octanol–water partition coefficient (Wildman–Crippen LogP) is -0.337. The van der Waals surface area contributed by atoms with Crippen LogP contribution in [0.25, 0.3) is 0 Å². The second kappa shape index (κ2) is 5.67. The molecule has 4 nitrogen and oxygen atoms in total. The molecule has 6 heteroatoms. The van der Waals surface area contributed by atoms with Gasteiger partial charge in [0.15, 0.2) is 0 Å². The molecule has 1 aromatic rings. The van der Waals surface area contributed by atoms with Gasteiger partial charge in [-0.2, -0.15) is 0 Å². The number of hydrazine groups is 1. The first-order valence-corrected chi connectivity index (χ1v) is 5.38. The van der Waals surface area contributed by atoms with E-state index >= 15 is 0 Å². The summed E-state index contributed by atoms with van der Waals surface area (Å²) in [5.74, 6) is 0.197. The Hall–Kier alpha value is -1.14. The second-order valence-electron chi connectivity index (χ2n) is 2.70. The summed E-state index contributed by atoms with van der Waals surface area (Å²) in [6.07, 6.45) is 1.61. The maximum atomic E-state index is 9.49. The van der Waals surface area contributed by atoms with E-state index in [-0.39, 0.29) is 5.75 Å². The van der Waals surface area contributed by atoms with E-state index in [9.17, 15) is 5.11 Å². The number of phenolic OH excluding ortho intramolecular Hbond substituents is 1. The highest BCUT2D eigenvalue weighted by atomic mass is 79.9. The van der Waals surface area contributed by atoms with E-state index in [1.165, 1.54) is 0 Å². The largest absolute Gasteiger partial charge is 0.507 e. The van der Waals surface area contributed by atoms with Gasteiger partial charge < -0.3 is 10.4 Å². The van der Waals surface area contributed by atoms with Crippen LogP contribution in [-0.2, 0) is 0 Å². The number of hydrogen-bond acceptors (Lipinski definition) is 2. The average Bonchev–Trinajstić information content (AvgIpc) is 2.23. The van der Waals surface area contributed by atoms with Crippen molar-refractivity contribution in [2.45, 2.75) is 0 Å². The lowest BCUT2D eigenvalue weighted by Gasteiger charge is -1.97. The molecule has 0 aliphatic carbocycles. The Labute approximate surface area is 102 Å². The SMILES string of the molecule is CNC(=S)N[NH+]=Cc1cc(Br)ccc1O. The molecule has 0 spiro atoms. The summed E-state index contributed by atoms with van der Waals surface area (Å²) in [4.78, 5) is 0. The van der Waals surface area contributed by atoms with Crippen molar-refractivity contribution in [3.05, 3.63) is 28.2 Å². The highest BCUT2D eigenvalue weighted by Gasteiger charge is 2.01. The number of aromatic hydroxyl groups is 1. The topological polar surface area (TPSA) is 58.3 Å². The van der Waals surface area contributed by atoms with Crippen LogP contribution in [0.5, 0.6) is 5.75 Å². The smallest absolute Gasteiger partial charge is 0.223 e. The number of thiocarbonyl (C=S) groups is 1. The lowest BCUT2D eigenvalue weighted by atomic mass is 10.2. The van der Waals surface area contributed by atoms with Gasteiger partial charge in [-0.25, -0.2) is 0 Å². The summed E-state index contributed by atoms with van der Waals surface area (Å²) in [6, 6.07) is 5.15. The van der Waals surface area contributed by atoms with Crippen LogP contribution in [0, 0.1) is 0 Å². The molecule has 0 fully saturated rings. The number of rotatable bonds is 2. The minimum Gasteiger partial charge on any atom is -0.507 e. The Morgan fingerprint density at radius 2 is 2.33 bits per heavy atom. The van der Waals surface area contributed by atoms with Crippen LogP contribution >= 0.6 is 28.1 Å². The fourth-order valence-corrected chi connectivity index (χ4v) is 1.32. The molecule has 0 aromatic heterocycles. The van der Waals surface area contributed by atoms with Gasteiger partial charge in [0, 0.05) is 11.5 Å². The standard InChI is InChI=1S/C9H10BrN3OS/c1-11-9(15)13-12-5-6-4-7(10)2-3-8(6)14/h2-5,14H,1H3,(H2,11,13,15)/p+1. The maximum absolute atomic E-state index is 9.49. The minimum atomic E-state index is 0.197. The third kappa shape index (κ3) is 3.85. The van der Waals surface area contributed by atoms with E-state index in [1.807, 2.05) is 0 Å². The average molecular weight is 289 g/mol. The van der Waals surface area contributed by atoms with Gasteiger partial charge in [0.05, 0.1) is 5.56 Å². The Bertz CT molecular complexity index is 395. The zero-order chi connectivity index (χ0) is 11.3.